The van der Waals surface area contributed by atoms with Gasteiger partial charge in [-0.25, -0.2) is 4.79 Å². The number of rotatable bonds is 6. The zero-order valence-electron chi connectivity index (χ0n) is 9.30. The number of tetrazole rings is 1. The second-order valence-corrected chi connectivity index (χ2v) is 3.36. The molecule has 0 aliphatic heterocycles. The number of hydrogen-bond donors (Lipinski definition) is 4. The normalized spacial score (nSPS) is 11.8. The van der Waals surface area contributed by atoms with Gasteiger partial charge in [0, 0.05) is 6.04 Å². The molecule has 9 heteroatoms. The molecule has 0 radical (unpaired) electrons. The maximum atomic E-state index is 11.4. The first-order valence-electron chi connectivity index (χ1n) is 5.10. The SMILES string of the molecule is CCC(CC(=O)O)NC(=O)NCc1nn[nH]n1. The van der Waals surface area contributed by atoms with Crippen LogP contribution in [0.2, 0.25) is 0 Å². The van der Waals surface area contributed by atoms with Crippen molar-refractivity contribution in [1.82, 2.24) is 31.3 Å². The molecule has 1 unspecified atom stereocenters. The predicted octanol–water partition coefficient (Wildman–Crippen LogP) is -0.748. The Labute approximate surface area is 97.0 Å². The van der Waals surface area contributed by atoms with Crippen LogP contribution < -0.4 is 10.6 Å². The van der Waals surface area contributed by atoms with Gasteiger partial charge in [-0.1, -0.05) is 12.1 Å². The summed E-state index contributed by atoms with van der Waals surface area (Å²) in [6, 6.07) is -0.847. The van der Waals surface area contributed by atoms with Crippen LogP contribution in [-0.4, -0.2) is 43.8 Å². The van der Waals surface area contributed by atoms with Crippen LogP contribution in [0.25, 0.3) is 0 Å². The minimum absolute atomic E-state index is 0.105. The van der Waals surface area contributed by atoms with E-state index in [1.807, 2.05) is 0 Å². The van der Waals surface area contributed by atoms with E-state index >= 15 is 0 Å². The van der Waals surface area contributed by atoms with Gasteiger partial charge >= 0.3 is 12.0 Å². The summed E-state index contributed by atoms with van der Waals surface area (Å²) in [6.45, 7) is 1.93. The van der Waals surface area contributed by atoms with E-state index in [0.717, 1.165) is 0 Å². The van der Waals surface area contributed by atoms with Crippen molar-refractivity contribution in [2.45, 2.75) is 32.4 Å². The van der Waals surface area contributed by atoms with Crippen LogP contribution in [0.1, 0.15) is 25.6 Å². The number of aromatic nitrogens is 4. The summed E-state index contributed by atoms with van der Waals surface area (Å²) in [5, 5.41) is 26.5. The van der Waals surface area contributed by atoms with E-state index in [2.05, 4.69) is 31.3 Å². The average molecular weight is 242 g/mol. The highest BCUT2D eigenvalue weighted by molar-refractivity contribution is 5.75. The zero-order valence-corrected chi connectivity index (χ0v) is 9.30. The molecule has 17 heavy (non-hydrogen) atoms. The average Bonchev–Trinajstić information content (AvgIpc) is 2.77. The van der Waals surface area contributed by atoms with E-state index in [-0.39, 0.29) is 13.0 Å². The minimum Gasteiger partial charge on any atom is -0.481 e. The minimum atomic E-state index is -0.949. The van der Waals surface area contributed by atoms with Crippen LogP contribution in [0.5, 0.6) is 0 Å². The van der Waals surface area contributed by atoms with Crippen LogP contribution in [0.3, 0.4) is 0 Å². The first kappa shape index (κ1) is 12.9. The van der Waals surface area contributed by atoms with Crippen molar-refractivity contribution in [2.24, 2.45) is 0 Å². The number of amides is 2. The molecular weight excluding hydrogens is 228 g/mol. The van der Waals surface area contributed by atoms with Gasteiger partial charge in [-0.3, -0.25) is 4.79 Å². The standard InChI is InChI=1S/C8H14N6O3/c1-2-5(3-7(15)16)10-8(17)9-4-6-11-13-14-12-6/h5H,2-4H2,1H3,(H,15,16)(H2,9,10,17)(H,11,12,13,14). The zero-order chi connectivity index (χ0) is 12.7. The Morgan fingerprint density at radius 2 is 2.29 bits per heavy atom. The number of nitrogens with zero attached hydrogens (tertiary/aromatic N) is 3. The van der Waals surface area contributed by atoms with Gasteiger partial charge in [0.05, 0.1) is 13.0 Å². The fourth-order valence-electron chi connectivity index (χ4n) is 1.16. The molecule has 0 bridgehead atoms. The topological polar surface area (TPSA) is 133 Å². The summed E-state index contributed by atoms with van der Waals surface area (Å²) in [5.74, 6) is -0.596. The molecule has 1 atom stereocenters. The number of aromatic amines is 1. The highest BCUT2D eigenvalue weighted by Gasteiger charge is 2.13. The Hall–Kier alpha value is -2.19. The monoisotopic (exact) mass is 242 g/mol. The highest BCUT2D eigenvalue weighted by Crippen LogP contribution is 1.97. The number of H-pyrrole nitrogens is 1. The molecule has 1 aromatic heterocycles. The lowest BCUT2D eigenvalue weighted by atomic mass is 10.1. The number of nitrogens with one attached hydrogen (secondary N) is 3. The molecule has 0 fully saturated rings. The quantitative estimate of drug-likeness (QED) is 0.519. The Morgan fingerprint density at radius 1 is 1.53 bits per heavy atom. The van der Waals surface area contributed by atoms with Gasteiger partial charge in [-0.2, -0.15) is 5.21 Å². The molecule has 1 aromatic rings. The number of carbonyl (C=O) groups excluding carboxylic acids is 1. The number of carboxylic acids is 1. The van der Waals surface area contributed by atoms with Crippen molar-refractivity contribution in [3.63, 3.8) is 0 Å². The molecule has 94 valence electrons. The molecule has 0 aliphatic rings. The molecule has 1 heterocycles. The van der Waals surface area contributed by atoms with Gasteiger partial charge in [0.25, 0.3) is 0 Å². The van der Waals surface area contributed by atoms with E-state index in [9.17, 15) is 9.59 Å². The highest BCUT2D eigenvalue weighted by atomic mass is 16.4. The van der Waals surface area contributed by atoms with Crippen LogP contribution in [0.4, 0.5) is 4.79 Å². The molecule has 0 saturated heterocycles. The molecular formula is C8H14N6O3. The molecule has 0 aromatic carbocycles. The van der Waals surface area contributed by atoms with Gasteiger partial charge in [0.2, 0.25) is 0 Å². The van der Waals surface area contributed by atoms with Crippen LogP contribution >= 0.6 is 0 Å². The maximum absolute atomic E-state index is 11.4. The number of carbonyl (C=O) groups is 2. The Kier molecular flexibility index (Phi) is 4.85. The van der Waals surface area contributed by atoms with Crippen molar-refractivity contribution in [3.8, 4) is 0 Å². The number of aliphatic carboxylic acids is 1. The van der Waals surface area contributed by atoms with Crippen molar-refractivity contribution in [3.05, 3.63) is 5.82 Å². The van der Waals surface area contributed by atoms with Crippen molar-refractivity contribution in [2.75, 3.05) is 0 Å². The predicted molar refractivity (Wildman–Crippen MR) is 55.9 cm³/mol. The van der Waals surface area contributed by atoms with Crippen LogP contribution in [0, 0.1) is 0 Å². The van der Waals surface area contributed by atoms with E-state index in [4.69, 9.17) is 5.11 Å². The molecule has 4 N–H and O–H groups in total. The van der Waals surface area contributed by atoms with E-state index < -0.39 is 18.0 Å². The number of urea groups is 1. The summed E-state index contributed by atoms with van der Waals surface area (Å²) in [6.07, 6.45) is 0.439. The first-order valence-corrected chi connectivity index (χ1v) is 5.10. The van der Waals surface area contributed by atoms with Crippen molar-refractivity contribution < 1.29 is 14.7 Å². The van der Waals surface area contributed by atoms with Gasteiger partial charge < -0.3 is 15.7 Å². The first-order chi connectivity index (χ1) is 8.11. The third-order valence-corrected chi connectivity index (χ3v) is 2.05. The lowest BCUT2D eigenvalue weighted by Gasteiger charge is -2.14. The summed E-state index contributed by atoms with van der Waals surface area (Å²) in [7, 11) is 0. The van der Waals surface area contributed by atoms with Crippen molar-refractivity contribution in [1.29, 1.82) is 0 Å². The van der Waals surface area contributed by atoms with Crippen LogP contribution in [-0.2, 0) is 11.3 Å². The molecule has 9 nitrogen and oxygen atoms in total. The lowest BCUT2D eigenvalue weighted by Crippen LogP contribution is -2.42. The second-order valence-electron chi connectivity index (χ2n) is 3.36. The van der Waals surface area contributed by atoms with Gasteiger partial charge in [-0.15, -0.1) is 10.2 Å². The number of hydrogen-bond acceptors (Lipinski definition) is 5. The smallest absolute Gasteiger partial charge is 0.315 e. The second kappa shape index (κ2) is 6.40. The lowest BCUT2D eigenvalue weighted by molar-refractivity contribution is -0.137. The Morgan fingerprint density at radius 3 is 2.82 bits per heavy atom. The molecule has 2 amide bonds. The van der Waals surface area contributed by atoms with Gasteiger partial charge in [0.1, 0.15) is 0 Å². The maximum Gasteiger partial charge on any atom is 0.315 e. The van der Waals surface area contributed by atoms with E-state index in [0.29, 0.717) is 12.2 Å². The molecule has 0 spiro atoms. The largest absolute Gasteiger partial charge is 0.481 e. The summed E-state index contributed by atoms with van der Waals surface area (Å²) >= 11 is 0. The summed E-state index contributed by atoms with van der Waals surface area (Å²) in [4.78, 5) is 21.9. The van der Waals surface area contributed by atoms with E-state index in [1.165, 1.54) is 0 Å². The fourth-order valence-corrected chi connectivity index (χ4v) is 1.16. The third kappa shape index (κ3) is 4.91. The molecule has 0 saturated carbocycles. The third-order valence-electron chi connectivity index (χ3n) is 2.05. The van der Waals surface area contributed by atoms with E-state index in [1.54, 1.807) is 6.92 Å². The summed E-state index contributed by atoms with van der Waals surface area (Å²) in [5.41, 5.74) is 0. The Balaban J connectivity index is 2.30. The number of carboxylic acid groups (broad SMARTS) is 1. The molecule has 1 rings (SSSR count). The fraction of sp³-hybridized carbons (Fsp3) is 0.625. The Bertz CT molecular complexity index is 365. The molecule has 0 aliphatic carbocycles. The van der Waals surface area contributed by atoms with Gasteiger partial charge in [-0.05, 0) is 6.42 Å². The van der Waals surface area contributed by atoms with Crippen molar-refractivity contribution >= 4 is 12.0 Å². The van der Waals surface area contributed by atoms with Crippen LogP contribution in [0.15, 0.2) is 0 Å². The van der Waals surface area contributed by atoms with Gasteiger partial charge in [0.15, 0.2) is 5.82 Å². The summed E-state index contributed by atoms with van der Waals surface area (Å²) < 4.78 is 0.